The minimum absolute atomic E-state index is 0.0307. The van der Waals surface area contributed by atoms with Gasteiger partial charge in [0.25, 0.3) is 5.91 Å². The van der Waals surface area contributed by atoms with Gasteiger partial charge >= 0.3 is 0 Å². The second kappa shape index (κ2) is 7.17. The molecule has 2 heterocycles. The Kier molecular flexibility index (Phi) is 5.03. The third-order valence-electron chi connectivity index (χ3n) is 3.24. The van der Waals surface area contributed by atoms with Gasteiger partial charge in [0.2, 0.25) is 0 Å². The summed E-state index contributed by atoms with van der Waals surface area (Å²) >= 11 is 0. The predicted octanol–water partition coefficient (Wildman–Crippen LogP) is 1.64. The number of hydrogen-bond donors (Lipinski definition) is 1. The minimum atomic E-state index is -0.568. The van der Waals surface area contributed by atoms with Gasteiger partial charge in [0.15, 0.2) is 6.29 Å². The summed E-state index contributed by atoms with van der Waals surface area (Å²) in [6.07, 6.45) is 8.50. The smallest absolute Gasteiger partial charge is 0.250 e. The summed E-state index contributed by atoms with van der Waals surface area (Å²) in [5.74, 6) is -0.307. The molecule has 2 aromatic heterocycles. The van der Waals surface area contributed by atoms with Crippen molar-refractivity contribution in [3.63, 3.8) is 0 Å². The third-order valence-corrected chi connectivity index (χ3v) is 3.24. The Bertz CT molecular complexity index is 818. The lowest BCUT2D eigenvalue weighted by molar-refractivity contribution is -0.105. The maximum absolute atomic E-state index is 11.6. The Morgan fingerprint density at radius 3 is 2.96 bits per heavy atom. The number of aliphatic imine (C=N–C) groups is 1. The molecule has 0 aromatic carbocycles. The number of allylic oxidation sites excluding steroid dienone is 2. The number of aldehydes is 1. The molecule has 2 rings (SSSR count). The molecule has 0 spiro atoms. The van der Waals surface area contributed by atoms with E-state index in [4.69, 9.17) is 10.5 Å². The molecule has 0 radical (unpaired) electrons. The lowest BCUT2D eigenvalue weighted by atomic mass is 10.2. The highest BCUT2D eigenvalue weighted by Crippen LogP contribution is 2.19. The van der Waals surface area contributed by atoms with Gasteiger partial charge < -0.3 is 14.9 Å². The monoisotopic (exact) mass is 312 g/mol. The number of amides is 1. The fourth-order valence-corrected chi connectivity index (χ4v) is 2.14. The summed E-state index contributed by atoms with van der Waals surface area (Å²) in [5.41, 5.74) is 7.36. The fourth-order valence-electron chi connectivity index (χ4n) is 2.14. The normalized spacial score (nSPS) is 12.2. The van der Waals surface area contributed by atoms with Gasteiger partial charge in [-0.2, -0.15) is 0 Å². The van der Waals surface area contributed by atoms with Gasteiger partial charge in [0, 0.05) is 12.4 Å². The first-order valence-electron chi connectivity index (χ1n) is 6.76. The molecule has 7 nitrogen and oxygen atoms in total. The van der Waals surface area contributed by atoms with Gasteiger partial charge in [-0.05, 0) is 19.7 Å². The molecule has 0 saturated carbocycles. The van der Waals surface area contributed by atoms with E-state index in [2.05, 4.69) is 16.7 Å². The van der Waals surface area contributed by atoms with Gasteiger partial charge in [-0.15, -0.1) is 0 Å². The molecule has 0 saturated heterocycles. The molecule has 2 aromatic rings. The number of primary amides is 1. The van der Waals surface area contributed by atoms with Crippen LogP contribution in [0.4, 0.5) is 0 Å². The SMILES string of the molecule is C=N/C=C(OCc1c(C(N)=O)cc2cnccn12)\C(C=O)=C/C. The van der Waals surface area contributed by atoms with Crippen LogP contribution < -0.4 is 5.73 Å². The van der Waals surface area contributed by atoms with Crippen LogP contribution in [0.25, 0.3) is 5.52 Å². The van der Waals surface area contributed by atoms with Crippen molar-refractivity contribution in [2.24, 2.45) is 10.7 Å². The topological polar surface area (TPSA) is 99.1 Å². The second-order valence-corrected chi connectivity index (χ2v) is 4.57. The molecule has 118 valence electrons. The summed E-state index contributed by atoms with van der Waals surface area (Å²) in [7, 11) is 0. The van der Waals surface area contributed by atoms with E-state index in [-0.39, 0.29) is 12.4 Å². The number of ether oxygens (including phenoxy) is 1. The van der Waals surface area contributed by atoms with Gasteiger partial charge in [-0.1, -0.05) is 6.08 Å². The maximum Gasteiger partial charge on any atom is 0.250 e. The van der Waals surface area contributed by atoms with E-state index >= 15 is 0 Å². The van der Waals surface area contributed by atoms with Crippen LogP contribution in [-0.4, -0.2) is 28.3 Å². The number of aromatic nitrogens is 2. The van der Waals surface area contributed by atoms with Crippen molar-refractivity contribution in [3.05, 3.63) is 59.5 Å². The Morgan fingerprint density at radius 1 is 1.57 bits per heavy atom. The summed E-state index contributed by atoms with van der Waals surface area (Å²) < 4.78 is 7.40. The molecule has 2 N–H and O–H groups in total. The van der Waals surface area contributed by atoms with Crippen LogP contribution >= 0.6 is 0 Å². The quantitative estimate of drug-likeness (QED) is 0.276. The van der Waals surface area contributed by atoms with Gasteiger partial charge in [0.1, 0.15) is 12.4 Å². The zero-order valence-electron chi connectivity index (χ0n) is 12.6. The maximum atomic E-state index is 11.6. The van der Waals surface area contributed by atoms with Crippen molar-refractivity contribution in [1.82, 2.24) is 9.38 Å². The summed E-state index contributed by atoms with van der Waals surface area (Å²) in [4.78, 5) is 30.3. The van der Waals surface area contributed by atoms with E-state index < -0.39 is 5.91 Å². The number of fused-ring (bicyclic) bond motifs is 1. The Balaban J connectivity index is 2.39. The van der Waals surface area contributed by atoms with Crippen LogP contribution in [0, 0.1) is 0 Å². The number of hydrogen-bond acceptors (Lipinski definition) is 5. The van der Waals surface area contributed by atoms with Crippen molar-refractivity contribution in [3.8, 4) is 0 Å². The highest BCUT2D eigenvalue weighted by atomic mass is 16.5. The molecule has 0 aliphatic heterocycles. The van der Waals surface area contributed by atoms with E-state index in [9.17, 15) is 9.59 Å². The van der Waals surface area contributed by atoms with Crippen molar-refractivity contribution in [1.29, 1.82) is 0 Å². The number of rotatable bonds is 7. The van der Waals surface area contributed by atoms with Gasteiger partial charge in [-0.25, -0.2) is 0 Å². The van der Waals surface area contributed by atoms with Crippen LogP contribution in [0.5, 0.6) is 0 Å². The summed E-state index contributed by atoms with van der Waals surface area (Å²) in [6.45, 7) is 5.09. The van der Waals surface area contributed by atoms with Crippen molar-refractivity contribution in [2.75, 3.05) is 0 Å². The average molecular weight is 312 g/mol. The zero-order valence-corrected chi connectivity index (χ0v) is 12.6. The molecule has 0 unspecified atom stereocenters. The van der Waals surface area contributed by atoms with E-state index in [1.807, 2.05) is 0 Å². The molecule has 0 aliphatic rings. The van der Waals surface area contributed by atoms with Gasteiger partial charge in [0.05, 0.1) is 34.7 Å². The Hall–Kier alpha value is -3.22. The standard InChI is InChI=1S/C16H16N4O3/c1-3-11(9-21)15(8-18-2)23-10-14-13(16(17)22)6-12-7-19-4-5-20(12)14/h3-9H,2,10H2,1H3,(H2,17,22)/b11-3-,15-8+. The molecule has 0 atom stereocenters. The van der Waals surface area contributed by atoms with Crippen LogP contribution in [0.2, 0.25) is 0 Å². The third kappa shape index (κ3) is 3.34. The fraction of sp³-hybridized carbons (Fsp3) is 0.125. The summed E-state index contributed by atoms with van der Waals surface area (Å²) in [5, 5.41) is 0. The van der Waals surface area contributed by atoms with E-state index in [1.165, 1.54) is 6.20 Å². The molecule has 0 fully saturated rings. The number of nitrogens with zero attached hydrogens (tertiary/aromatic N) is 3. The van der Waals surface area contributed by atoms with Crippen molar-refractivity contribution >= 4 is 24.4 Å². The first-order valence-corrected chi connectivity index (χ1v) is 6.76. The number of carbonyl (C=O) groups is 2. The Labute approximate surface area is 132 Å². The first-order chi connectivity index (χ1) is 11.1. The molecule has 0 aliphatic carbocycles. The zero-order chi connectivity index (χ0) is 16.8. The highest BCUT2D eigenvalue weighted by Gasteiger charge is 2.16. The largest absolute Gasteiger partial charge is 0.485 e. The van der Waals surface area contributed by atoms with Crippen molar-refractivity contribution < 1.29 is 14.3 Å². The van der Waals surface area contributed by atoms with Gasteiger partial charge in [-0.3, -0.25) is 19.6 Å². The van der Waals surface area contributed by atoms with Crippen LogP contribution in [0.1, 0.15) is 23.0 Å². The van der Waals surface area contributed by atoms with Crippen LogP contribution in [-0.2, 0) is 16.1 Å². The van der Waals surface area contributed by atoms with Crippen molar-refractivity contribution in [2.45, 2.75) is 13.5 Å². The predicted molar refractivity (Wildman–Crippen MR) is 86.0 cm³/mol. The highest BCUT2D eigenvalue weighted by molar-refractivity contribution is 5.95. The molecule has 0 bridgehead atoms. The average Bonchev–Trinajstić information content (AvgIpc) is 2.92. The van der Waals surface area contributed by atoms with E-state index in [1.54, 1.807) is 42.1 Å². The Morgan fingerprint density at radius 2 is 2.35 bits per heavy atom. The van der Waals surface area contributed by atoms with E-state index in [0.29, 0.717) is 28.6 Å². The minimum Gasteiger partial charge on any atom is -0.485 e. The van der Waals surface area contributed by atoms with Crippen LogP contribution in [0.3, 0.4) is 0 Å². The molecular formula is C16H16N4O3. The number of carbonyl (C=O) groups excluding carboxylic acids is 2. The number of nitrogens with two attached hydrogens (primary N) is 1. The first kappa shape index (κ1) is 16.2. The lowest BCUT2D eigenvalue weighted by Crippen LogP contribution is -2.14. The summed E-state index contributed by atoms with van der Waals surface area (Å²) in [6, 6.07) is 1.64. The molecule has 7 heteroatoms. The molecule has 1 amide bonds. The molecular weight excluding hydrogens is 296 g/mol. The molecule has 23 heavy (non-hydrogen) atoms. The van der Waals surface area contributed by atoms with E-state index in [0.717, 1.165) is 0 Å². The van der Waals surface area contributed by atoms with Crippen LogP contribution in [0.15, 0.2) is 53.3 Å². The second-order valence-electron chi connectivity index (χ2n) is 4.57. The lowest BCUT2D eigenvalue weighted by Gasteiger charge is -2.11.